The van der Waals surface area contributed by atoms with Gasteiger partial charge in [-0.25, -0.2) is 0 Å². The van der Waals surface area contributed by atoms with Gasteiger partial charge in [0.1, 0.15) is 0 Å². The summed E-state index contributed by atoms with van der Waals surface area (Å²) in [5, 5.41) is 0. The molecule has 0 aromatic rings. The van der Waals surface area contributed by atoms with Crippen LogP contribution in [0.3, 0.4) is 0 Å². The number of hydrogen-bond acceptors (Lipinski definition) is 3. The molecule has 0 aromatic heterocycles. The first kappa shape index (κ1) is 10.5. The van der Waals surface area contributed by atoms with Crippen LogP contribution in [0.15, 0.2) is 0 Å². The van der Waals surface area contributed by atoms with Crippen LogP contribution in [0.1, 0.15) is 27.2 Å². The third-order valence-electron chi connectivity index (χ3n) is 2.60. The third-order valence-corrected chi connectivity index (χ3v) is 2.60. The molecule has 3 atom stereocenters. The number of carbonyl (C=O) groups is 1. The summed E-state index contributed by atoms with van der Waals surface area (Å²) in [7, 11) is 0. The van der Waals surface area contributed by atoms with Gasteiger partial charge in [-0.1, -0.05) is 6.92 Å². The molecule has 0 bridgehead atoms. The maximum absolute atomic E-state index is 11.4. The molecule has 0 N–H and O–H groups in total. The molecule has 0 aromatic carbocycles. The van der Waals surface area contributed by atoms with Crippen molar-refractivity contribution in [1.29, 1.82) is 0 Å². The van der Waals surface area contributed by atoms with Crippen molar-refractivity contribution in [3.63, 3.8) is 0 Å². The zero-order valence-electron chi connectivity index (χ0n) is 8.58. The molecule has 1 aliphatic heterocycles. The summed E-state index contributed by atoms with van der Waals surface area (Å²) in [6.45, 7) is 7.04. The Hall–Kier alpha value is -0.570. The fourth-order valence-electron chi connectivity index (χ4n) is 1.76. The molecule has 0 radical (unpaired) electrons. The van der Waals surface area contributed by atoms with Crippen molar-refractivity contribution >= 4 is 5.97 Å². The largest absolute Gasteiger partial charge is 0.466 e. The van der Waals surface area contributed by atoms with Crippen LogP contribution in [0.5, 0.6) is 0 Å². The average Bonchev–Trinajstić information content (AvgIpc) is 2.50. The van der Waals surface area contributed by atoms with E-state index in [-0.39, 0.29) is 18.0 Å². The van der Waals surface area contributed by atoms with Crippen molar-refractivity contribution in [3.8, 4) is 0 Å². The van der Waals surface area contributed by atoms with E-state index < -0.39 is 0 Å². The highest BCUT2D eigenvalue weighted by Crippen LogP contribution is 2.26. The Balaban J connectivity index is 2.45. The van der Waals surface area contributed by atoms with E-state index in [1.165, 1.54) is 0 Å². The summed E-state index contributed by atoms with van der Waals surface area (Å²) in [6.07, 6.45) is 1.10. The molecular weight excluding hydrogens is 168 g/mol. The van der Waals surface area contributed by atoms with E-state index in [1.54, 1.807) is 0 Å². The second-order valence-electron chi connectivity index (χ2n) is 3.64. The molecule has 1 saturated heterocycles. The Kier molecular flexibility index (Phi) is 3.72. The Morgan fingerprint density at radius 3 is 2.85 bits per heavy atom. The van der Waals surface area contributed by atoms with E-state index in [2.05, 4.69) is 6.92 Å². The van der Waals surface area contributed by atoms with Gasteiger partial charge in [-0.3, -0.25) is 4.79 Å². The summed E-state index contributed by atoms with van der Waals surface area (Å²) >= 11 is 0. The van der Waals surface area contributed by atoms with Gasteiger partial charge in [-0.05, 0) is 26.2 Å². The lowest BCUT2D eigenvalue weighted by Crippen LogP contribution is -2.30. The van der Waals surface area contributed by atoms with Gasteiger partial charge in [0.25, 0.3) is 0 Å². The van der Waals surface area contributed by atoms with Gasteiger partial charge in [0.2, 0.25) is 0 Å². The van der Waals surface area contributed by atoms with Crippen molar-refractivity contribution in [2.24, 2.45) is 11.8 Å². The van der Waals surface area contributed by atoms with E-state index >= 15 is 0 Å². The van der Waals surface area contributed by atoms with Crippen molar-refractivity contribution in [2.75, 3.05) is 13.2 Å². The molecule has 1 aliphatic rings. The Morgan fingerprint density at radius 2 is 2.38 bits per heavy atom. The summed E-state index contributed by atoms with van der Waals surface area (Å²) in [6, 6.07) is 0. The van der Waals surface area contributed by atoms with Crippen LogP contribution in [0.2, 0.25) is 0 Å². The first-order chi connectivity index (χ1) is 6.16. The highest BCUT2D eigenvalue weighted by molar-refractivity contribution is 5.72. The second-order valence-corrected chi connectivity index (χ2v) is 3.64. The number of carbonyl (C=O) groups excluding carboxylic acids is 1. The SMILES string of the molecule is CCOC(=O)[C@@H](C)[C@H]1OCC[C@@H]1C. The Bertz CT molecular complexity index is 179. The van der Waals surface area contributed by atoms with Gasteiger partial charge < -0.3 is 9.47 Å². The molecule has 1 heterocycles. The molecule has 1 fully saturated rings. The first-order valence-corrected chi connectivity index (χ1v) is 4.95. The molecule has 3 nitrogen and oxygen atoms in total. The fraction of sp³-hybridized carbons (Fsp3) is 0.900. The second kappa shape index (κ2) is 4.61. The molecule has 13 heavy (non-hydrogen) atoms. The Labute approximate surface area is 79.4 Å². The van der Waals surface area contributed by atoms with Crippen LogP contribution in [0.4, 0.5) is 0 Å². The fourth-order valence-corrected chi connectivity index (χ4v) is 1.76. The normalized spacial score (nSPS) is 30.1. The van der Waals surface area contributed by atoms with Crippen LogP contribution >= 0.6 is 0 Å². The van der Waals surface area contributed by atoms with E-state index in [4.69, 9.17) is 9.47 Å². The summed E-state index contributed by atoms with van der Waals surface area (Å²) in [5.74, 6) is 0.207. The van der Waals surface area contributed by atoms with Crippen LogP contribution in [-0.4, -0.2) is 25.3 Å². The monoisotopic (exact) mass is 186 g/mol. The van der Waals surface area contributed by atoms with E-state index in [1.807, 2.05) is 13.8 Å². The zero-order chi connectivity index (χ0) is 9.84. The first-order valence-electron chi connectivity index (χ1n) is 4.95. The predicted octanol–water partition coefficient (Wildman–Crippen LogP) is 1.61. The molecule has 0 saturated carbocycles. The molecule has 0 unspecified atom stereocenters. The lowest BCUT2D eigenvalue weighted by atomic mass is 9.93. The van der Waals surface area contributed by atoms with Crippen LogP contribution in [0, 0.1) is 11.8 Å². The van der Waals surface area contributed by atoms with Crippen LogP contribution < -0.4 is 0 Å². The minimum Gasteiger partial charge on any atom is -0.466 e. The molecule has 76 valence electrons. The number of rotatable bonds is 3. The van der Waals surface area contributed by atoms with Crippen molar-refractivity contribution in [3.05, 3.63) is 0 Å². The topological polar surface area (TPSA) is 35.5 Å². The highest BCUT2D eigenvalue weighted by atomic mass is 16.5. The van der Waals surface area contributed by atoms with Crippen LogP contribution in [0.25, 0.3) is 0 Å². The standard InChI is InChI=1S/C10H18O3/c1-4-12-10(11)8(3)9-7(2)5-6-13-9/h7-9H,4-6H2,1-3H3/t7-,8-,9-/m0/s1. The predicted molar refractivity (Wildman–Crippen MR) is 49.3 cm³/mol. The summed E-state index contributed by atoms with van der Waals surface area (Å²) < 4.78 is 10.4. The smallest absolute Gasteiger partial charge is 0.311 e. The third kappa shape index (κ3) is 2.44. The van der Waals surface area contributed by atoms with Gasteiger partial charge in [-0.2, -0.15) is 0 Å². The number of esters is 1. The average molecular weight is 186 g/mol. The van der Waals surface area contributed by atoms with Gasteiger partial charge in [0.05, 0.1) is 18.6 Å². The van der Waals surface area contributed by atoms with Crippen LogP contribution in [-0.2, 0) is 14.3 Å². The number of ether oxygens (including phenoxy) is 2. The quantitative estimate of drug-likeness (QED) is 0.628. The molecule has 0 aliphatic carbocycles. The summed E-state index contributed by atoms with van der Waals surface area (Å²) in [5.41, 5.74) is 0. The lowest BCUT2D eigenvalue weighted by Gasteiger charge is -2.20. The maximum atomic E-state index is 11.4. The summed E-state index contributed by atoms with van der Waals surface area (Å²) in [4.78, 5) is 11.4. The highest BCUT2D eigenvalue weighted by Gasteiger charge is 2.34. The van der Waals surface area contributed by atoms with E-state index in [9.17, 15) is 4.79 Å². The molecule has 0 amide bonds. The Morgan fingerprint density at radius 1 is 1.69 bits per heavy atom. The lowest BCUT2D eigenvalue weighted by molar-refractivity contribution is -0.152. The zero-order valence-corrected chi connectivity index (χ0v) is 8.58. The maximum Gasteiger partial charge on any atom is 0.311 e. The van der Waals surface area contributed by atoms with Gasteiger partial charge in [-0.15, -0.1) is 0 Å². The minimum absolute atomic E-state index is 0.0547. The minimum atomic E-state index is -0.138. The van der Waals surface area contributed by atoms with E-state index in [0.717, 1.165) is 13.0 Å². The van der Waals surface area contributed by atoms with Crippen molar-refractivity contribution < 1.29 is 14.3 Å². The number of hydrogen-bond donors (Lipinski definition) is 0. The van der Waals surface area contributed by atoms with Crippen molar-refractivity contribution in [1.82, 2.24) is 0 Å². The molecule has 3 heteroatoms. The van der Waals surface area contributed by atoms with Gasteiger partial charge in [0.15, 0.2) is 0 Å². The van der Waals surface area contributed by atoms with E-state index in [0.29, 0.717) is 12.5 Å². The van der Waals surface area contributed by atoms with Crippen molar-refractivity contribution in [2.45, 2.75) is 33.3 Å². The van der Waals surface area contributed by atoms with Gasteiger partial charge >= 0.3 is 5.97 Å². The van der Waals surface area contributed by atoms with Gasteiger partial charge in [0, 0.05) is 6.61 Å². The molecular formula is C10H18O3. The molecule has 1 rings (SSSR count). The molecule has 0 spiro atoms.